The predicted molar refractivity (Wildman–Crippen MR) is 90.3 cm³/mol. The van der Waals surface area contributed by atoms with E-state index < -0.39 is 0 Å². The van der Waals surface area contributed by atoms with Gasteiger partial charge >= 0.3 is 0 Å². The number of para-hydroxylation sites is 1. The minimum Gasteiger partial charge on any atom is -0.457 e. The van der Waals surface area contributed by atoms with Crippen LogP contribution >= 0.6 is 23.4 Å². The zero-order valence-electron chi connectivity index (χ0n) is 11.9. The summed E-state index contributed by atoms with van der Waals surface area (Å²) in [6.07, 6.45) is 2.08. The Morgan fingerprint density at radius 1 is 1.14 bits per heavy atom. The summed E-state index contributed by atoms with van der Waals surface area (Å²) in [4.78, 5) is 1.25. The lowest BCUT2D eigenvalue weighted by Crippen LogP contribution is -2.16. The molecule has 4 heteroatoms. The van der Waals surface area contributed by atoms with E-state index in [0.717, 1.165) is 16.7 Å². The van der Waals surface area contributed by atoms with Crippen LogP contribution in [0.3, 0.4) is 0 Å². The van der Waals surface area contributed by atoms with E-state index in [1.165, 1.54) is 10.5 Å². The number of nitrogens with one attached hydrogen (secondary N) is 1. The number of fused-ring (bicyclic) bond motifs is 1. The van der Waals surface area contributed by atoms with Gasteiger partial charge in [0.15, 0.2) is 5.58 Å². The fraction of sp³-hybridized carbons (Fsp3) is 0.176. The molecule has 3 aromatic rings. The topological polar surface area (TPSA) is 25.2 Å². The van der Waals surface area contributed by atoms with Gasteiger partial charge in [0.05, 0.1) is 11.1 Å². The predicted octanol–water partition coefficient (Wildman–Crippen LogP) is 5.12. The van der Waals surface area contributed by atoms with Crippen molar-refractivity contribution in [2.24, 2.45) is 0 Å². The normalized spacial score (nSPS) is 12.7. The van der Waals surface area contributed by atoms with Crippen LogP contribution < -0.4 is 5.32 Å². The first kappa shape index (κ1) is 14.5. The molecule has 1 heterocycles. The van der Waals surface area contributed by atoms with Crippen LogP contribution in [0.25, 0.3) is 11.0 Å². The number of hydrogen-bond donors (Lipinski definition) is 1. The van der Waals surface area contributed by atoms with Crippen LogP contribution in [-0.4, -0.2) is 13.3 Å². The van der Waals surface area contributed by atoms with Crippen molar-refractivity contribution in [3.63, 3.8) is 0 Å². The van der Waals surface area contributed by atoms with Gasteiger partial charge < -0.3 is 9.73 Å². The molecule has 0 radical (unpaired) electrons. The van der Waals surface area contributed by atoms with Gasteiger partial charge in [-0.2, -0.15) is 0 Å². The lowest BCUT2D eigenvalue weighted by Gasteiger charge is -2.14. The van der Waals surface area contributed by atoms with E-state index in [9.17, 15) is 0 Å². The van der Waals surface area contributed by atoms with Crippen molar-refractivity contribution < 1.29 is 4.42 Å². The van der Waals surface area contributed by atoms with Crippen molar-refractivity contribution in [2.75, 3.05) is 13.3 Å². The maximum Gasteiger partial charge on any atom is 0.152 e. The van der Waals surface area contributed by atoms with Crippen LogP contribution in [0.2, 0.25) is 5.02 Å². The molecule has 0 bridgehead atoms. The smallest absolute Gasteiger partial charge is 0.152 e. The molecule has 2 nitrogen and oxygen atoms in total. The molecule has 0 saturated heterocycles. The molecule has 0 aliphatic rings. The van der Waals surface area contributed by atoms with Crippen LogP contribution in [0.5, 0.6) is 0 Å². The van der Waals surface area contributed by atoms with Gasteiger partial charge in [0.1, 0.15) is 5.76 Å². The van der Waals surface area contributed by atoms with E-state index in [0.29, 0.717) is 5.02 Å². The van der Waals surface area contributed by atoms with Crippen molar-refractivity contribution in [3.05, 3.63) is 64.9 Å². The molecule has 0 fully saturated rings. The van der Waals surface area contributed by atoms with E-state index in [-0.39, 0.29) is 6.04 Å². The number of furan rings is 1. The molecule has 2 aromatic carbocycles. The second kappa shape index (κ2) is 6.14. The monoisotopic (exact) mass is 317 g/mol. The van der Waals surface area contributed by atoms with Gasteiger partial charge in [-0.15, -0.1) is 11.8 Å². The van der Waals surface area contributed by atoms with Gasteiger partial charge in [-0.25, -0.2) is 0 Å². The van der Waals surface area contributed by atoms with Crippen LogP contribution in [-0.2, 0) is 0 Å². The second-order valence-corrected chi connectivity index (χ2v) is 6.09. The minimum atomic E-state index is 0.0179. The summed E-state index contributed by atoms with van der Waals surface area (Å²) in [5.74, 6) is 0.873. The second-order valence-electron chi connectivity index (χ2n) is 4.80. The molecule has 0 aliphatic heterocycles. The van der Waals surface area contributed by atoms with E-state index in [4.69, 9.17) is 16.0 Å². The standard InChI is InChI=1S/C17H16ClNOS/c1-19-16(11-6-8-13(21-2)9-7-11)15-10-12-4-3-5-14(18)17(12)20-15/h3-10,16,19H,1-2H3. The molecule has 1 aromatic heterocycles. The Kier molecular flexibility index (Phi) is 4.24. The first-order valence-corrected chi connectivity index (χ1v) is 8.32. The van der Waals surface area contributed by atoms with Gasteiger partial charge in [-0.1, -0.05) is 35.9 Å². The van der Waals surface area contributed by atoms with Crippen molar-refractivity contribution in [3.8, 4) is 0 Å². The zero-order valence-corrected chi connectivity index (χ0v) is 13.5. The Morgan fingerprint density at radius 2 is 1.90 bits per heavy atom. The molecule has 108 valence electrons. The maximum atomic E-state index is 6.19. The van der Waals surface area contributed by atoms with Crippen LogP contribution in [0.4, 0.5) is 0 Å². The lowest BCUT2D eigenvalue weighted by atomic mass is 10.0. The summed E-state index contributed by atoms with van der Waals surface area (Å²) in [7, 11) is 1.93. The third-order valence-corrected chi connectivity index (χ3v) is 4.58. The molecule has 21 heavy (non-hydrogen) atoms. The fourth-order valence-electron chi connectivity index (χ4n) is 2.46. The van der Waals surface area contributed by atoms with E-state index in [1.807, 2.05) is 31.3 Å². The first-order chi connectivity index (χ1) is 10.2. The van der Waals surface area contributed by atoms with E-state index >= 15 is 0 Å². The third-order valence-electron chi connectivity index (χ3n) is 3.54. The van der Waals surface area contributed by atoms with Crippen molar-refractivity contribution in [1.29, 1.82) is 0 Å². The average Bonchev–Trinajstić information content (AvgIpc) is 2.94. The van der Waals surface area contributed by atoms with Gasteiger partial charge in [0, 0.05) is 10.3 Å². The van der Waals surface area contributed by atoms with Crippen molar-refractivity contribution >= 4 is 34.3 Å². The summed E-state index contributed by atoms with van der Waals surface area (Å²) in [6, 6.07) is 16.4. The van der Waals surface area contributed by atoms with Gasteiger partial charge in [0.2, 0.25) is 0 Å². The molecule has 0 saturated carbocycles. The third kappa shape index (κ3) is 2.82. The largest absolute Gasteiger partial charge is 0.457 e. The highest BCUT2D eigenvalue weighted by atomic mass is 35.5. The van der Waals surface area contributed by atoms with Crippen molar-refractivity contribution in [1.82, 2.24) is 5.32 Å². The lowest BCUT2D eigenvalue weighted by molar-refractivity contribution is 0.491. The summed E-state index contributed by atoms with van der Waals surface area (Å²) in [5.41, 5.74) is 1.92. The fourth-order valence-corrected chi connectivity index (χ4v) is 3.09. The summed E-state index contributed by atoms with van der Waals surface area (Å²) in [6.45, 7) is 0. The molecule has 0 aliphatic carbocycles. The number of halogens is 1. The van der Waals surface area contributed by atoms with E-state index in [2.05, 4.69) is 35.8 Å². The van der Waals surface area contributed by atoms with Gasteiger partial charge in [0.25, 0.3) is 0 Å². The maximum absolute atomic E-state index is 6.19. The summed E-state index contributed by atoms with van der Waals surface area (Å²) in [5, 5.41) is 4.98. The first-order valence-electron chi connectivity index (χ1n) is 6.72. The molecule has 3 rings (SSSR count). The van der Waals surface area contributed by atoms with E-state index in [1.54, 1.807) is 11.8 Å². The highest BCUT2D eigenvalue weighted by Crippen LogP contribution is 2.32. The summed E-state index contributed by atoms with van der Waals surface area (Å²) >= 11 is 7.92. The SMILES string of the molecule is CNC(c1ccc(SC)cc1)c1cc2cccc(Cl)c2o1. The molecule has 1 N–H and O–H groups in total. The Morgan fingerprint density at radius 3 is 2.52 bits per heavy atom. The minimum absolute atomic E-state index is 0.0179. The Balaban J connectivity index is 2.02. The van der Waals surface area contributed by atoms with Gasteiger partial charge in [-0.3, -0.25) is 0 Å². The number of rotatable bonds is 4. The molecule has 1 unspecified atom stereocenters. The van der Waals surface area contributed by atoms with Gasteiger partial charge in [-0.05, 0) is 43.1 Å². The Labute approximate surface area is 133 Å². The highest BCUT2D eigenvalue weighted by Gasteiger charge is 2.17. The number of thioether (sulfide) groups is 1. The summed E-state index contributed by atoms with van der Waals surface area (Å²) < 4.78 is 5.96. The highest BCUT2D eigenvalue weighted by molar-refractivity contribution is 7.98. The van der Waals surface area contributed by atoms with Crippen molar-refractivity contribution in [2.45, 2.75) is 10.9 Å². The molecular weight excluding hydrogens is 302 g/mol. The Hall–Kier alpha value is -1.42. The quantitative estimate of drug-likeness (QED) is 0.676. The molecular formula is C17H16ClNOS. The number of benzene rings is 2. The molecule has 0 amide bonds. The molecule has 1 atom stereocenters. The average molecular weight is 318 g/mol. The van der Waals surface area contributed by atoms with Crippen LogP contribution in [0, 0.1) is 0 Å². The number of hydrogen-bond acceptors (Lipinski definition) is 3. The van der Waals surface area contributed by atoms with Crippen LogP contribution in [0.1, 0.15) is 17.4 Å². The zero-order chi connectivity index (χ0) is 14.8. The van der Waals surface area contributed by atoms with Crippen LogP contribution in [0.15, 0.2) is 57.8 Å². The molecule has 0 spiro atoms. The Bertz CT molecular complexity index is 751.